The van der Waals surface area contributed by atoms with Crippen molar-refractivity contribution in [3.8, 4) is 11.5 Å². The molecule has 2 atom stereocenters. The molecule has 1 fully saturated rings. The Hall–Kier alpha value is -2.53. The molecule has 1 aliphatic rings. The molecule has 0 radical (unpaired) electrons. The van der Waals surface area contributed by atoms with Crippen LogP contribution in [0, 0.1) is 5.92 Å². The van der Waals surface area contributed by atoms with Gasteiger partial charge in [0, 0.05) is 47.7 Å². The van der Waals surface area contributed by atoms with Crippen LogP contribution in [0.5, 0.6) is 0 Å². The predicted octanol–water partition coefficient (Wildman–Crippen LogP) is 1.85. The summed E-state index contributed by atoms with van der Waals surface area (Å²) < 4.78 is 40.7. The average Bonchev–Trinajstić information content (AvgIpc) is 3.09. The van der Waals surface area contributed by atoms with Crippen LogP contribution in [0.15, 0.2) is 41.2 Å². The van der Waals surface area contributed by atoms with Crippen LogP contribution < -0.4 is 4.90 Å². The number of hydrogen-bond donors (Lipinski definition) is 1. The van der Waals surface area contributed by atoms with Gasteiger partial charge in [-0.3, -0.25) is 8.61 Å². The van der Waals surface area contributed by atoms with Gasteiger partial charge in [-0.15, -0.1) is 0 Å². The van der Waals surface area contributed by atoms with E-state index in [2.05, 4.69) is 26.2 Å². The van der Waals surface area contributed by atoms with E-state index in [1.165, 1.54) is 0 Å². The third-order valence-corrected chi connectivity index (χ3v) is 6.54. The maximum absolute atomic E-state index is 12.2. The Morgan fingerprint density at radius 2 is 2.00 bits per heavy atom. The minimum Gasteiger partial charge on any atom is -0.354 e. The van der Waals surface area contributed by atoms with E-state index in [1.807, 2.05) is 10.5 Å². The average molecular weight is 463 g/mol. The number of imidazole rings is 1. The van der Waals surface area contributed by atoms with Crippen LogP contribution in [0.1, 0.15) is 18.9 Å². The van der Waals surface area contributed by atoms with E-state index in [0.29, 0.717) is 35.2 Å². The number of thiol groups is 1. The Morgan fingerprint density at radius 3 is 2.74 bits per heavy atom. The first-order valence-corrected chi connectivity index (χ1v) is 13.7. The first-order valence-electron chi connectivity index (χ1n) is 10.0. The summed E-state index contributed by atoms with van der Waals surface area (Å²) in [5.41, 5.74) is 2.06. The van der Waals surface area contributed by atoms with Gasteiger partial charge in [-0.1, -0.05) is 13.0 Å². The summed E-state index contributed by atoms with van der Waals surface area (Å²) in [6, 6.07) is 5.40. The molecule has 11 heteroatoms. The highest BCUT2D eigenvalue weighted by Gasteiger charge is 2.26. The van der Waals surface area contributed by atoms with Gasteiger partial charge in [0.1, 0.15) is 27.9 Å². The van der Waals surface area contributed by atoms with Gasteiger partial charge < -0.3 is 4.90 Å². The Balaban J connectivity index is 1.68. The largest absolute Gasteiger partial charge is 0.354 e. The Labute approximate surface area is 183 Å². The maximum atomic E-state index is 12.2. The van der Waals surface area contributed by atoms with Crippen molar-refractivity contribution in [2.24, 2.45) is 10.3 Å². The summed E-state index contributed by atoms with van der Waals surface area (Å²) >= 11 is 0. The highest BCUT2D eigenvalue weighted by molar-refractivity contribution is 7.92. The number of fused-ring (bicyclic) bond motifs is 1. The molecular formula is C20H26N6O3S2. The fraction of sp³-hybridized carbons (Fsp3) is 0.450. The Morgan fingerprint density at radius 1 is 1.19 bits per heavy atom. The SMILES string of the molecule is C[C@H]1C[C@@H](N=S(C)(C)=O)CN(c2ccnc(-c3cnc4ccc(C[SH](=O)=O)cn34)n2)C1. The van der Waals surface area contributed by atoms with Crippen molar-refractivity contribution < 1.29 is 12.6 Å². The topological polar surface area (TPSA) is 110 Å². The van der Waals surface area contributed by atoms with Crippen molar-refractivity contribution in [1.29, 1.82) is 0 Å². The fourth-order valence-corrected chi connectivity index (χ4v) is 5.38. The zero-order valence-electron chi connectivity index (χ0n) is 17.7. The quantitative estimate of drug-likeness (QED) is 0.576. The predicted molar refractivity (Wildman–Crippen MR) is 122 cm³/mol. The summed E-state index contributed by atoms with van der Waals surface area (Å²) in [6.07, 6.45) is 9.41. The smallest absolute Gasteiger partial charge is 0.180 e. The molecule has 9 nitrogen and oxygen atoms in total. The third kappa shape index (κ3) is 5.21. The van der Waals surface area contributed by atoms with Crippen LogP contribution >= 0.6 is 0 Å². The van der Waals surface area contributed by atoms with E-state index in [0.717, 1.165) is 18.8 Å². The minimum absolute atomic E-state index is 0.00269. The molecular weight excluding hydrogens is 436 g/mol. The van der Waals surface area contributed by atoms with E-state index < -0.39 is 20.4 Å². The minimum atomic E-state index is -2.52. The summed E-state index contributed by atoms with van der Waals surface area (Å²) in [7, 11) is -4.69. The lowest BCUT2D eigenvalue weighted by molar-refractivity contribution is 0.402. The number of hydrogen-bond acceptors (Lipinski definition) is 8. The lowest BCUT2D eigenvalue weighted by Crippen LogP contribution is -2.42. The molecule has 31 heavy (non-hydrogen) atoms. The van der Waals surface area contributed by atoms with E-state index in [1.54, 1.807) is 43.2 Å². The van der Waals surface area contributed by atoms with Crippen LogP contribution in [-0.4, -0.2) is 63.6 Å². The number of nitrogens with zero attached hydrogens (tertiary/aromatic N) is 6. The first-order chi connectivity index (χ1) is 14.7. The number of piperidine rings is 1. The van der Waals surface area contributed by atoms with Gasteiger partial charge in [-0.2, -0.15) is 0 Å². The molecule has 0 amide bonds. The van der Waals surface area contributed by atoms with Crippen molar-refractivity contribution in [2.45, 2.75) is 25.1 Å². The molecule has 0 unspecified atom stereocenters. The van der Waals surface area contributed by atoms with Crippen LogP contribution in [0.25, 0.3) is 17.2 Å². The molecule has 1 saturated heterocycles. The summed E-state index contributed by atoms with van der Waals surface area (Å²) in [6.45, 7) is 3.66. The van der Waals surface area contributed by atoms with Gasteiger partial charge in [-0.25, -0.2) is 27.7 Å². The monoisotopic (exact) mass is 462 g/mol. The first kappa shape index (κ1) is 21.7. The van der Waals surface area contributed by atoms with E-state index >= 15 is 0 Å². The molecule has 0 saturated carbocycles. The van der Waals surface area contributed by atoms with Gasteiger partial charge in [0.2, 0.25) is 0 Å². The normalized spacial score (nSPS) is 19.8. The molecule has 0 aromatic carbocycles. The zero-order chi connectivity index (χ0) is 22.2. The maximum Gasteiger partial charge on any atom is 0.180 e. The van der Waals surface area contributed by atoms with Gasteiger partial charge in [-0.05, 0) is 30.0 Å². The number of pyridine rings is 1. The van der Waals surface area contributed by atoms with Gasteiger partial charge in [0.15, 0.2) is 5.82 Å². The third-order valence-electron chi connectivity index (χ3n) is 5.11. The summed E-state index contributed by atoms with van der Waals surface area (Å²) in [4.78, 5) is 15.7. The molecule has 1 aliphatic heterocycles. The van der Waals surface area contributed by atoms with Crippen molar-refractivity contribution >= 4 is 31.9 Å². The van der Waals surface area contributed by atoms with Crippen molar-refractivity contribution in [2.75, 3.05) is 30.5 Å². The molecule has 0 aliphatic carbocycles. The molecule has 166 valence electrons. The van der Waals surface area contributed by atoms with Crippen LogP contribution in [0.2, 0.25) is 0 Å². The Kier molecular flexibility index (Phi) is 5.98. The fourth-order valence-electron chi connectivity index (χ4n) is 4.02. The van der Waals surface area contributed by atoms with E-state index in [9.17, 15) is 12.6 Å². The molecule has 0 bridgehead atoms. The number of aromatic nitrogens is 4. The molecule has 0 spiro atoms. The molecule has 4 rings (SSSR count). The number of anilines is 1. The molecule has 3 aromatic rings. The van der Waals surface area contributed by atoms with Crippen LogP contribution in [0.3, 0.4) is 0 Å². The lowest BCUT2D eigenvalue weighted by atomic mass is 9.97. The van der Waals surface area contributed by atoms with E-state index in [4.69, 9.17) is 4.98 Å². The molecule has 0 N–H and O–H groups in total. The zero-order valence-corrected chi connectivity index (χ0v) is 19.4. The van der Waals surface area contributed by atoms with Crippen LogP contribution in [0.4, 0.5) is 5.82 Å². The lowest BCUT2D eigenvalue weighted by Gasteiger charge is -2.35. The summed E-state index contributed by atoms with van der Waals surface area (Å²) in [5, 5.41) is 0. The van der Waals surface area contributed by atoms with Gasteiger partial charge in [0.05, 0.1) is 18.0 Å². The van der Waals surface area contributed by atoms with Crippen molar-refractivity contribution in [1.82, 2.24) is 19.4 Å². The number of rotatable bonds is 5. The standard InChI is InChI=1S/C20H26N6O3S2/c1-14-8-16(24-31(2,3)29)12-25(10-14)19-6-7-21-20(23-19)17-9-22-18-5-4-15(11-26(17)18)13-30(27)28/h4-7,9,11,14,16,30H,8,10,12-13H2,1-3H3/t14-,16+/m0/s1. The van der Waals surface area contributed by atoms with Gasteiger partial charge in [0.25, 0.3) is 0 Å². The second-order valence-electron chi connectivity index (χ2n) is 8.32. The molecule has 3 aromatic heterocycles. The second kappa shape index (κ2) is 8.54. The summed E-state index contributed by atoms with van der Waals surface area (Å²) in [5.74, 6) is 1.66. The highest BCUT2D eigenvalue weighted by atomic mass is 32.2. The highest BCUT2D eigenvalue weighted by Crippen LogP contribution is 2.26. The second-order valence-corrected chi connectivity index (χ2v) is 11.9. The van der Waals surface area contributed by atoms with Crippen molar-refractivity contribution in [3.05, 3.63) is 42.4 Å². The Bertz CT molecular complexity index is 1290. The van der Waals surface area contributed by atoms with Crippen LogP contribution in [-0.2, 0) is 26.2 Å². The van der Waals surface area contributed by atoms with Gasteiger partial charge >= 0.3 is 0 Å². The van der Waals surface area contributed by atoms with Crippen molar-refractivity contribution in [3.63, 3.8) is 0 Å². The van der Waals surface area contributed by atoms with E-state index in [-0.39, 0.29) is 11.8 Å². The molecule has 4 heterocycles.